The van der Waals surface area contributed by atoms with Crippen molar-refractivity contribution in [1.29, 1.82) is 0 Å². The van der Waals surface area contributed by atoms with Gasteiger partial charge in [0.05, 0.1) is 5.75 Å². The lowest BCUT2D eigenvalue weighted by molar-refractivity contribution is 0.598. The Hall–Kier alpha value is -0.820. The van der Waals surface area contributed by atoms with Crippen molar-refractivity contribution in [3.8, 4) is 0 Å². The zero-order chi connectivity index (χ0) is 11.5. The Morgan fingerprint density at radius 1 is 1.47 bits per heavy atom. The van der Waals surface area contributed by atoms with Crippen molar-refractivity contribution in [2.45, 2.75) is 25.2 Å². The van der Waals surface area contributed by atoms with Gasteiger partial charge in [-0.25, -0.2) is 8.42 Å². The van der Waals surface area contributed by atoms with Crippen molar-refractivity contribution in [3.63, 3.8) is 0 Å². The number of nitrogen functional groups attached to an aromatic ring is 1. The van der Waals surface area contributed by atoms with Crippen LogP contribution in [-0.4, -0.2) is 25.1 Å². The molecule has 0 spiro atoms. The summed E-state index contributed by atoms with van der Waals surface area (Å²) in [7, 11) is -3.29. The van der Waals surface area contributed by atoms with E-state index >= 15 is 0 Å². The molecule has 0 aliphatic carbocycles. The summed E-state index contributed by atoms with van der Waals surface area (Å²) < 4.78 is 27.3. The highest BCUT2D eigenvalue weighted by molar-refractivity contribution is 7.91. The van der Waals surface area contributed by atoms with Gasteiger partial charge in [0.1, 0.15) is 9.90 Å². The zero-order valence-corrected chi connectivity index (χ0v) is 10.4. The fourth-order valence-corrected chi connectivity index (χ4v) is 3.28. The average Bonchev–Trinajstić information content (AvgIpc) is 2.57. The summed E-state index contributed by atoms with van der Waals surface area (Å²) in [5, 5.41) is 3.57. The van der Waals surface area contributed by atoms with Crippen molar-refractivity contribution in [2.24, 2.45) is 0 Å². The lowest BCUT2D eigenvalue weighted by Gasteiger charge is -2.05. The van der Waals surface area contributed by atoms with Crippen molar-refractivity contribution < 1.29 is 8.42 Å². The summed E-state index contributed by atoms with van der Waals surface area (Å²) in [5.74, 6) is 0.136. The quantitative estimate of drug-likeness (QED) is 0.822. The molecule has 0 aromatic carbocycles. The van der Waals surface area contributed by atoms with Gasteiger partial charge in [0.25, 0.3) is 0 Å². The first kappa shape index (κ1) is 12.3. The van der Waals surface area contributed by atoms with E-state index < -0.39 is 9.84 Å². The molecule has 0 saturated carbocycles. The molecule has 1 heterocycles. The average molecular weight is 249 g/mol. The molecule has 0 atom stereocenters. The van der Waals surface area contributed by atoms with E-state index in [1.807, 2.05) is 6.92 Å². The third-order valence-corrected chi connectivity index (χ3v) is 4.64. The van der Waals surface area contributed by atoms with E-state index in [0.29, 0.717) is 11.5 Å². The number of rotatable bonds is 5. The first-order valence-electron chi connectivity index (χ1n) is 4.74. The predicted molar refractivity (Wildman–Crippen MR) is 63.0 cm³/mol. The molecule has 0 unspecified atom stereocenters. The first-order chi connectivity index (χ1) is 7.03. The normalized spacial score (nSPS) is 11.6. The number of anilines is 2. The lowest BCUT2D eigenvalue weighted by atomic mass is 10.5. The van der Waals surface area contributed by atoms with Crippen LogP contribution in [0.5, 0.6) is 0 Å². The molecule has 0 radical (unpaired) electrons. The largest absolute Gasteiger partial charge is 0.382 e. The van der Waals surface area contributed by atoms with E-state index in [1.54, 1.807) is 6.92 Å². The second kappa shape index (κ2) is 4.80. The molecule has 7 heteroatoms. The molecule has 0 amide bonds. The van der Waals surface area contributed by atoms with Crippen molar-refractivity contribution in [3.05, 3.63) is 0 Å². The lowest BCUT2D eigenvalue weighted by Crippen LogP contribution is -2.09. The van der Waals surface area contributed by atoms with Crippen LogP contribution in [0.25, 0.3) is 0 Å². The predicted octanol–water partition coefficient (Wildman–Crippen LogP) is 1.34. The maximum atomic E-state index is 11.7. The first-order valence-corrected chi connectivity index (χ1v) is 7.17. The van der Waals surface area contributed by atoms with Gasteiger partial charge in [-0.2, -0.15) is 4.37 Å². The third-order valence-electron chi connectivity index (χ3n) is 1.90. The third kappa shape index (κ3) is 2.60. The van der Waals surface area contributed by atoms with E-state index in [1.165, 1.54) is 0 Å². The van der Waals surface area contributed by atoms with Crippen LogP contribution >= 0.6 is 11.5 Å². The van der Waals surface area contributed by atoms with Gasteiger partial charge in [-0.3, -0.25) is 0 Å². The SMILES string of the molecule is CCCNc1snc(N)c1S(=O)(=O)CC. The molecule has 86 valence electrons. The molecule has 15 heavy (non-hydrogen) atoms. The zero-order valence-electron chi connectivity index (χ0n) is 8.78. The molecule has 1 aromatic heterocycles. The minimum absolute atomic E-state index is 0.0381. The van der Waals surface area contributed by atoms with Crippen molar-refractivity contribution in [1.82, 2.24) is 4.37 Å². The molecule has 0 fully saturated rings. The van der Waals surface area contributed by atoms with Crippen LogP contribution in [0.2, 0.25) is 0 Å². The Bertz CT molecular complexity index is 425. The number of nitrogens with zero attached hydrogens (tertiary/aromatic N) is 1. The van der Waals surface area contributed by atoms with Crippen LogP contribution in [0.3, 0.4) is 0 Å². The minimum Gasteiger partial charge on any atom is -0.382 e. The molecule has 0 saturated heterocycles. The molecule has 0 aliphatic heterocycles. The van der Waals surface area contributed by atoms with E-state index in [9.17, 15) is 8.42 Å². The fraction of sp³-hybridized carbons (Fsp3) is 0.625. The standard InChI is InChI=1S/C8H15N3O2S2/c1-3-5-10-8-6(7(9)11-14-8)15(12,13)4-2/h10H,3-5H2,1-2H3,(H2,9,11). The van der Waals surface area contributed by atoms with Gasteiger partial charge in [-0.05, 0) is 18.0 Å². The van der Waals surface area contributed by atoms with Crippen LogP contribution in [0.1, 0.15) is 20.3 Å². The summed E-state index contributed by atoms with van der Waals surface area (Å²) in [5.41, 5.74) is 5.55. The van der Waals surface area contributed by atoms with Crippen LogP contribution < -0.4 is 11.1 Å². The molecule has 5 nitrogen and oxygen atoms in total. The smallest absolute Gasteiger partial charge is 0.184 e. The van der Waals surface area contributed by atoms with Gasteiger partial charge in [0.2, 0.25) is 0 Å². The summed E-state index contributed by atoms with van der Waals surface area (Å²) >= 11 is 1.09. The number of nitrogens with two attached hydrogens (primary N) is 1. The van der Waals surface area contributed by atoms with Crippen LogP contribution in [-0.2, 0) is 9.84 Å². The highest BCUT2D eigenvalue weighted by Crippen LogP contribution is 2.31. The van der Waals surface area contributed by atoms with E-state index in [2.05, 4.69) is 9.69 Å². The van der Waals surface area contributed by atoms with Gasteiger partial charge in [0.15, 0.2) is 15.7 Å². The number of sulfone groups is 1. The topological polar surface area (TPSA) is 85.1 Å². The molecule has 1 aromatic rings. The number of aromatic nitrogens is 1. The Balaban J connectivity index is 3.10. The summed E-state index contributed by atoms with van der Waals surface area (Å²) in [6, 6.07) is 0. The Morgan fingerprint density at radius 2 is 2.13 bits per heavy atom. The van der Waals surface area contributed by atoms with Crippen LogP contribution in [0, 0.1) is 0 Å². The van der Waals surface area contributed by atoms with E-state index in [-0.39, 0.29) is 16.5 Å². The van der Waals surface area contributed by atoms with Crippen LogP contribution in [0.15, 0.2) is 4.90 Å². The Kier molecular flexibility index (Phi) is 3.92. The number of hydrogen-bond donors (Lipinski definition) is 2. The maximum absolute atomic E-state index is 11.7. The van der Waals surface area contributed by atoms with Gasteiger partial charge in [0, 0.05) is 6.54 Å². The molecular weight excluding hydrogens is 234 g/mol. The number of nitrogens with one attached hydrogen (secondary N) is 1. The second-order valence-electron chi connectivity index (χ2n) is 3.06. The monoisotopic (exact) mass is 249 g/mol. The molecule has 3 N–H and O–H groups in total. The van der Waals surface area contributed by atoms with E-state index in [0.717, 1.165) is 18.0 Å². The molecule has 0 aliphatic rings. The fourth-order valence-electron chi connectivity index (χ4n) is 1.09. The highest BCUT2D eigenvalue weighted by Gasteiger charge is 2.23. The highest BCUT2D eigenvalue weighted by atomic mass is 32.2. The van der Waals surface area contributed by atoms with Gasteiger partial charge < -0.3 is 11.1 Å². The van der Waals surface area contributed by atoms with Gasteiger partial charge >= 0.3 is 0 Å². The molecule has 0 bridgehead atoms. The summed E-state index contributed by atoms with van der Waals surface area (Å²) in [6.45, 7) is 4.31. The van der Waals surface area contributed by atoms with Crippen molar-refractivity contribution >= 4 is 32.2 Å². The Morgan fingerprint density at radius 3 is 2.67 bits per heavy atom. The maximum Gasteiger partial charge on any atom is 0.184 e. The van der Waals surface area contributed by atoms with Crippen LogP contribution in [0.4, 0.5) is 10.8 Å². The summed E-state index contributed by atoms with van der Waals surface area (Å²) in [6.07, 6.45) is 0.920. The Labute approximate surface area is 93.8 Å². The van der Waals surface area contributed by atoms with Gasteiger partial charge in [-0.1, -0.05) is 13.8 Å². The molecule has 1 rings (SSSR count). The number of hydrogen-bond acceptors (Lipinski definition) is 6. The van der Waals surface area contributed by atoms with Crippen molar-refractivity contribution in [2.75, 3.05) is 23.3 Å². The van der Waals surface area contributed by atoms with Gasteiger partial charge in [-0.15, -0.1) is 0 Å². The second-order valence-corrected chi connectivity index (χ2v) is 6.04. The molecular formula is C8H15N3O2S2. The minimum atomic E-state index is -3.29. The van der Waals surface area contributed by atoms with E-state index in [4.69, 9.17) is 5.73 Å². The summed E-state index contributed by atoms with van der Waals surface area (Å²) in [4.78, 5) is 0.156.